The molecule has 1 spiro atoms. The lowest BCUT2D eigenvalue weighted by atomic mass is 9.61. The summed E-state index contributed by atoms with van der Waals surface area (Å²) in [4.78, 5) is 28.2. The maximum Gasteiger partial charge on any atom is 0.282 e. The molecule has 1 aliphatic carbocycles. The second kappa shape index (κ2) is 12.7. The third-order valence-electron chi connectivity index (χ3n) is 9.45. The van der Waals surface area contributed by atoms with Gasteiger partial charge in [0.25, 0.3) is 11.8 Å². The van der Waals surface area contributed by atoms with Gasteiger partial charge < -0.3 is 19.3 Å². The van der Waals surface area contributed by atoms with Crippen LogP contribution in [0.4, 0.5) is 10.2 Å². The van der Waals surface area contributed by atoms with Crippen LogP contribution >= 0.6 is 11.6 Å². The largest absolute Gasteiger partial charge is 0.490 e. The van der Waals surface area contributed by atoms with Gasteiger partial charge in [0.2, 0.25) is 5.28 Å². The van der Waals surface area contributed by atoms with Crippen molar-refractivity contribution in [2.75, 3.05) is 31.6 Å². The smallest absolute Gasteiger partial charge is 0.282 e. The van der Waals surface area contributed by atoms with E-state index in [0.717, 1.165) is 63.4 Å². The molecule has 1 saturated carbocycles. The van der Waals surface area contributed by atoms with Crippen LogP contribution < -0.4 is 14.4 Å². The summed E-state index contributed by atoms with van der Waals surface area (Å²) in [5.41, 5.74) is 3.79. The van der Waals surface area contributed by atoms with Crippen LogP contribution in [0.15, 0.2) is 60.8 Å². The van der Waals surface area contributed by atoms with Crippen LogP contribution in [0.3, 0.4) is 0 Å². The van der Waals surface area contributed by atoms with Gasteiger partial charge in [-0.25, -0.2) is 4.39 Å². The molecule has 10 nitrogen and oxygen atoms in total. The first-order valence-electron chi connectivity index (χ1n) is 16.0. The summed E-state index contributed by atoms with van der Waals surface area (Å²) in [5, 5.41) is 8.02. The number of hydrogen-bond acceptors (Lipinski definition) is 9. The van der Waals surface area contributed by atoms with Crippen LogP contribution in [0.2, 0.25) is 5.28 Å². The van der Waals surface area contributed by atoms with Crippen molar-refractivity contribution in [2.45, 2.75) is 58.3 Å². The zero-order chi connectivity index (χ0) is 32.7. The van der Waals surface area contributed by atoms with E-state index in [2.05, 4.69) is 49.3 Å². The van der Waals surface area contributed by atoms with Gasteiger partial charge in [-0.05, 0) is 68.1 Å². The van der Waals surface area contributed by atoms with Gasteiger partial charge >= 0.3 is 0 Å². The summed E-state index contributed by atoms with van der Waals surface area (Å²) in [5.74, 6) is 0.725. The van der Waals surface area contributed by atoms with Crippen LogP contribution in [-0.2, 0) is 19.5 Å². The van der Waals surface area contributed by atoms with Gasteiger partial charge in [-0.2, -0.15) is 4.98 Å². The van der Waals surface area contributed by atoms with Crippen molar-refractivity contribution in [3.05, 3.63) is 94.3 Å². The topological polar surface area (TPSA) is 96.8 Å². The van der Waals surface area contributed by atoms with Crippen LogP contribution in [0.1, 0.15) is 53.9 Å². The normalized spacial score (nSPS) is 17.2. The summed E-state index contributed by atoms with van der Waals surface area (Å²) in [6.07, 6.45) is 4.70. The number of fused-ring (bicyclic) bond motifs is 1. The Labute approximate surface area is 278 Å². The summed E-state index contributed by atoms with van der Waals surface area (Å²) < 4.78 is 26.9. The maximum atomic E-state index is 14.2. The van der Waals surface area contributed by atoms with Crippen molar-refractivity contribution in [3.63, 3.8) is 0 Å². The Bertz CT molecular complexity index is 1780. The number of rotatable bonds is 9. The minimum Gasteiger partial charge on any atom is -0.490 e. The van der Waals surface area contributed by atoms with E-state index in [1.807, 2.05) is 37.1 Å². The molecule has 0 unspecified atom stereocenters. The van der Waals surface area contributed by atoms with E-state index in [4.69, 9.17) is 21.1 Å². The molecule has 4 aromatic rings. The number of pyridine rings is 1. The highest BCUT2D eigenvalue weighted by molar-refractivity contribution is 6.28. The number of amides is 1. The number of nitrogens with zero attached hydrogens (tertiary/aromatic N) is 7. The molecule has 2 fully saturated rings. The zero-order valence-corrected chi connectivity index (χ0v) is 27.5. The van der Waals surface area contributed by atoms with E-state index in [1.165, 1.54) is 34.2 Å². The Morgan fingerprint density at radius 2 is 1.89 bits per heavy atom. The van der Waals surface area contributed by atoms with Crippen molar-refractivity contribution in [1.82, 2.24) is 30.0 Å². The van der Waals surface area contributed by atoms with Gasteiger partial charge in [-0.3, -0.25) is 14.7 Å². The van der Waals surface area contributed by atoms with E-state index in [0.29, 0.717) is 5.82 Å². The molecule has 1 amide bonds. The average Bonchev–Trinajstić information content (AvgIpc) is 3.03. The summed E-state index contributed by atoms with van der Waals surface area (Å²) in [7, 11) is 1.66. The first kappa shape index (κ1) is 31.3. The summed E-state index contributed by atoms with van der Waals surface area (Å²) >= 11 is 6.16. The Balaban J connectivity index is 1.00. The molecular formula is C35H37ClFN7O3. The standard InChI is InChI=1S/C35H37ClFN7O3/c1-22(2)42(3)33(45)26-15-24(37)9-10-29(26)47-32-31(39-34(36)41-40-32)44-20-35(21-44)16-25(17-35)46-30-11-13-38-28-12-14-43(19-27(28)30)18-23-7-5-4-6-8-23/h4-11,13,15,22,25H,12,14,16-21H2,1-3H3. The van der Waals surface area contributed by atoms with Crippen molar-refractivity contribution in [1.29, 1.82) is 0 Å². The number of carbonyl (C=O) groups excluding carboxylic acids is 1. The number of aromatic nitrogens is 4. The Morgan fingerprint density at radius 3 is 2.66 bits per heavy atom. The fourth-order valence-electron chi connectivity index (χ4n) is 6.74. The molecule has 244 valence electrons. The highest BCUT2D eigenvalue weighted by Gasteiger charge is 2.54. The number of carbonyl (C=O) groups is 1. The Kier molecular flexibility index (Phi) is 8.44. The molecule has 2 aromatic heterocycles. The lowest BCUT2D eigenvalue weighted by Crippen LogP contribution is -2.65. The molecule has 0 atom stereocenters. The molecule has 4 heterocycles. The number of hydrogen-bond donors (Lipinski definition) is 0. The van der Waals surface area contributed by atoms with Gasteiger partial charge in [-0.15, -0.1) is 10.2 Å². The summed E-state index contributed by atoms with van der Waals surface area (Å²) in [6.45, 7) is 7.90. The molecule has 1 saturated heterocycles. The van der Waals surface area contributed by atoms with Crippen LogP contribution in [0.25, 0.3) is 0 Å². The second-order valence-electron chi connectivity index (χ2n) is 13.1. The van der Waals surface area contributed by atoms with E-state index in [-0.39, 0.29) is 45.9 Å². The molecule has 2 aliphatic heterocycles. The quantitative estimate of drug-likeness (QED) is 0.217. The minimum atomic E-state index is -0.540. The maximum absolute atomic E-state index is 14.2. The molecule has 3 aliphatic rings. The minimum absolute atomic E-state index is 0.0122. The molecule has 2 aromatic carbocycles. The third-order valence-corrected chi connectivity index (χ3v) is 9.61. The zero-order valence-electron chi connectivity index (χ0n) is 26.7. The molecule has 0 bridgehead atoms. The van der Waals surface area contributed by atoms with Crippen molar-refractivity contribution in [2.24, 2.45) is 5.41 Å². The Morgan fingerprint density at radius 1 is 1.11 bits per heavy atom. The highest BCUT2D eigenvalue weighted by Crippen LogP contribution is 2.52. The van der Waals surface area contributed by atoms with Crippen LogP contribution in [0.5, 0.6) is 17.4 Å². The van der Waals surface area contributed by atoms with Crippen molar-refractivity contribution >= 4 is 23.3 Å². The van der Waals surface area contributed by atoms with Gasteiger partial charge in [0.1, 0.15) is 23.4 Å². The monoisotopic (exact) mass is 657 g/mol. The van der Waals surface area contributed by atoms with Crippen molar-refractivity contribution < 1.29 is 18.7 Å². The highest BCUT2D eigenvalue weighted by atomic mass is 35.5. The van der Waals surface area contributed by atoms with Gasteiger partial charge in [0.15, 0.2) is 5.82 Å². The molecule has 0 N–H and O–H groups in total. The molecule has 12 heteroatoms. The third kappa shape index (κ3) is 6.46. The fraction of sp³-hybridized carbons (Fsp3) is 0.400. The lowest BCUT2D eigenvalue weighted by molar-refractivity contribution is -0.0353. The number of halogens is 2. The molecule has 47 heavy (non-hydrogen) atoms. The molecule has 0 radical (unpaired) electrons. The predicted octanol–water partition coefficient (Wildman–Crippen LogP) is 5.94. The van der Waals surface area contributed by atoms with Gasteiger partial charge in [-0.1, -0.05) is 30.3 Å². The van der Waals surface area contributed by atoms with Gasteiger partial charge in [0, 0.05) is 75.1 Å². The van der Waals surface area contributed by atoms with Gasteiger partial charge in [0.05, 0.1) is 5.56 Å². The summed E-state index contributed by atoms with van der Waals surface area (Å²) in [6, 6.07) is 16.3. The lowest BCUT2D eigenvalue weighted by Gasteiger charge is -2.58. The number of ether oxygens (including phenoxy) is 2. The number of benzene rings is 2. The Hall–Kier alpha value is -4.35. The van der Waals surface area contributed by atoms with E-state index in [9.17, 15) is 9.18 Å². The SMILES string of the molecule is CC(C)N(C)C(=O)c1cc(F)ccc1Oc1nnc(Cl)nc1N1CC2(CC(Oc3ccnc4c3CN(Cc3ccccc3)CC4)C2)C1. The molecular weight excluding hydrogens is 621 g/mol. The first-order chi connectivity index (χ1) is 22.7. The van der Waals surface area contributed by atoms with Crippen molar-refractivity contribution in [3.8, 4) is 17.4 Å². The van der Waals surface area contributed by atoms with E-state index in [1.54, 1.807) is 7.05 Å². The van der Waals surface area contributed by atoms with Crippen LogP contribution in [0, 0.1) is 11.2 Å². The predicted molar refractivity (Wildman–Crippen MR) is 175 cm³/mol. The first-order valence-corrected chi connectivity index (χ1v) is 16.3. The average molecular weight is 658 g/mol. The second-order valence-corrected chi connectivity index (χ2v) is 13.5. The fourth-order valence-corrected chi connectivity index (χ4v) is 6.86. The van der Waals surface area contributed by atoms with Crippen LogP contribution in [-0.4, -0.2) is 74.7 Å². The van der Waals surface area contributed by atoms with E-state index < -0.39 is 5.82 Å². The van der Waals surface area contributed by atoms with E-state index >= 15 is 0 Å². The number of anilines is 1. The molecule has 7 rings (SSSR count).